The number of carbonyl (C=O) groups is 2. The molecular weight excluding hydrogens is 536 g/mol. The molecule has 0 fully saturated rings. The molecule has 6 aromatic rings. The molecule has 8 heteroatoms. The van der Waals surface area contributed by atoms with Crippen LogP contribution in [0.2, 0.25) is 0 Å². The number of anilines is 4. The Bertz CT molecular complexity index is 1790. The van der Waals surface area contributed by atoms with Gasteiger partial charge in [0.05, 0.1) is 22.4 Å². The summed E-state index contributed by atoms with van der Waals surface area (Å²) in [5.74, 6) is 0.0387. The van der Waals surface area contributed by atoms with Gasteiger partial charge in [-0.25, -0.2) is 9.59 Å². The molecule has 6 N–H and O–H groups in total. The van der Waals surface area contributed by atoms with E-state index >= 15 is 0 Å². The number of hydrogen-bond acceptors (Lipinski definition) is 2. The molecule has 0 atom stereocenters. The SMILES string of the molecule is CCC(c1[nH]c2c(NC(=O)Nc3ccccc3)cccc2c1C)c1[nH]c2c(NC(=O)Nc3ccccc3)cccc2c1C. The number of carbonyl (C=O) groups excluding carboxylic acids is 2. The standard InChI is InChI=1S/C35H34N6O2/c1-4-25(30-21(2)26-17-11-19-28(32(26)40-30)38-34(42)36-23-13-7-5-8-14-23)31-22(3)27-18-12-20-29(33(27)41-31)39-35(43)37-24-15-9-6-10-16-24/h5-20,25,40-41H,4H2,1-3H3,(H2,36,38,42)(H2,37,39,43). The van der Waals surface area contributed by atoms with E-state index < -0.39 is 0 Å². The molecule has 0 radical (unpaired) electrons. The lowest BCUT2D eigenvalue weighted by molar-refractivity contribution is 0.261. The number of nitrogens with one attached hydrogen (secondary N) is 6. The van der Waals surface area contributed by atoms with Crippen LogP contribution in [0.25, 0.3) is 21.8 Å². The number of aromatic amines is 2. The molecule has 4 amide bonds. The van der Waals surface area contributed by atoms with Gasteiger partial charge in [-0.2, -0.15) is 0 Å². The zero-order valence-corrected chi connectivity index (χ0v) is 24.3. The number of amides is 4. The van der Waals surface area contributed by atoms with Crippen molar-refractivity contribution in [3.05, 3.63) is 120 Å². The average Bonchev–Trinajstić information content (AvgIpc) is 3.52. The maximum absolute atomic E-state index is 12.8. The van der Waals surface area contributed by atoms with E-state index in [4.69, 9.17) is 0 Å². The first kappa shape index (κ1) is 27.7. The van der Waals surface area contributed by atoms with Crippen LogP contribution in [0.1, 0.15) is 41.8 Å². The molecule has 0 unspecified atom stereocenters. The highest BCUT2D eigenvalue weighted by atomic mass is 16.2. The van der Waals surface area contributed by atoms with Crippen molar-refractivity contribution in [2.75, 3.05) is 21.3 Å². The molecule has 0 saturated carbocycles. The number of benzene rings is 4. The van der Waals surface area contributed by atoms with Crippen LogP contribution in [0.4, 0.5) is 32.3 Å². The second-order valence-corrected chi connectivity index (χ2v) is 10.6. The fraction of sp³-hybridized carbons (Fsp3) is 0.143. The van der Waals surface area contributed by atoms with Gasteiger partial charge < -0.3 is 31.2 Å². The van der Waals surface area contributed by atoms with Crippen molar-refractivity contribution in [1.29, 1.82) is 0 Å². The van der Waals surface area contributed by atoms with Crippen molar-refractivity contribution in [1.82, 2.24) is 9.97 Å². The van der Waals surface area contributed by atoms with E-state index in [1.54, 1.807) is 0 Å². The minimum atomic E-state index is -0.303. The van der Waals surface area contributed by atoms with Crippen LogP contribution < -0.4 is 21.3 Å². The highest BCUT2D eigenvalue weighted by Gasteiger charge is 2.24. The van der Waals surface area contributed by atoms with Crippen molar-refractivity contribution in [3.63, 3.8) is 0 Å². The van der Waals surface area contributed by atoms with Crippen molar-refractivity contribution in [3.8, 4) is 0 Å². The van der Waals surface area contributed by atoms with Crippen LogP contribution in [0, 0.1) is 13.8 Å². The highest BCUT2D eigenvalue weighted by Crippen LogP contribution is 2.39. The molecule has 4 aromatic carbocycles. The van der Waals surface area contributed by atoms with Gasteiger partial charge in [0.25, 0.3) is 0 Å². The molecule has 2 aromatic heterocycles. The minimum absolute atomic E-state index is 0.0387. The van der Waals surface area contributed by atoms with Crippen LogP contribution in [0.5, 0.6) is 0 Å². The summed E-state index contributed by atoms with van der Waals surface area (Å²) in [5, 5.41) is 13.9. The van der Waals surface area contributed by atoms with Crippen LogP contribution in [-0.4, -0.2) is 22.0 Å². The lowest BCUT2D eigenvalue weighted by Gasteiger charge is -2.15. The summed E-state index contributed by atoms with van der Waals surface area (Å²) in [4.78, 5) is 32.9. The number of hydrogen-bond donors (Lipinski definition) is 6. The molecule has 0 bridgehead atoms. The maximum atomic E-state index is 12.8. The summed E-state index contributed by atoms with van der Waals surface area (Å²) in [7, 11) is 0. The van der Waals surface area contributed by atoms with Crippen LogP contribution >= 0.6 is 0 Å². The third-order valence-electron chi connectivity index (χ3n) is 7.93. The quantitative estimate of drug-likeness (QED) is 0.115. The fourth-order valence-corrected chi connectivity index (χ4v) is 5.82. The van der Waals surface area contributed by atoms with Gasteiger partial charge in [0.15, 0.2) is 0 Å². The fourth-order valence-electron chi connectivity index (χ4n) is 5.82. The summed E-state index contributed by atoms with van der Waals surface area (Å²) in [6, 6.07) is 30.0. The summed E-state index contributed by atoms with van der Waals surface area (Å²) >= 11 is 0. The molecule has 2 heterocycles. The summed E-state index contributed by atoms with van der Waals surface area (Å²) < 4.78 is 0. The van der Waals surface area contributed by atoms with Crippen molar-refractivity contribution >= 4 is 56.6 Å². The maximum Gasteiger partial charge on any atom is 0.323 e. The summed E-state index contributed by atoms with van der Waals surface area (Å²) in [6.07, 6.45) is 0.843. The summed E-state index contributed by atoms with van der Waals surface area (Å²) in [6.45, 7) is 6.40. The molecule has 0 aliphatic heterocycles. The Balaban J connectivity index is 1.31. The van der Waals surface area contributed by atoms with E-state index in [9.17, 15) is 9.59 Å². The molecule has 0 aliphatic rings. The van der Waals surface area contributed by atoms with E-state index in [-0.39, 0.29) is 18.0 Å². The van der Waals surface area contributed by atoms with Crippen molar-refractivity contribution in [2.24, 2.45) is 0 Å². The van der Waals surface area contributed by atoms with Gasteiger partial charge in [-0.1, -0.05) is 67.6 Å². The Kier molecular flexibility index (Phi) is 7.57. The first-order valence-corrected chi connectivity index (χ1v) is 14.4. The zero-order valence-electron chi connectivity index (χ0n) is 24.3. The normalized spacial score (nSPS) is 11.2. The lowest BCUT2D eigenvalue weighted by Crippen LogP contribution is -2.19. The first-order chi connectivity index (χ1) is 20.9. The molecule has 6 rings (SSSR count). The van der Waals surface area contributed by atoms with E-state index in [0.29, 0.717) is 11.4 Å². The third kappa shape index (κ3) is 5.55. The second kappa shape index (κ2) is 11.8. The van der Waals surface area contributed by atoms with Gasteiger partial charge in [-0.3, -0.25) is 0 Å². The smallest absolute Gasteiger partial charge is 0.323 e. The molecule has 8 nitrogen and oxygen atoms in total. The van der Waals surface area contributed by atoms with Crippen LogP contribution in [-0.2, 0) is 0 Å². The molecule has 216 valence electrons. The van der Waals surface area contributed by atoms with Gasteiger partial charge in [0.2, 0.25) is 0 Å². The number of aryl methyl sites for hydroxylation is 2. The number of fused-ring (bicyclic) bond motifs is 2. The third-order valence-corrected chi connectivity index (χ3v) is 7.93. The molecule has 43 heavy (non-hydrogen) atoms. The molecular formula is C35H34N6O2. The van der Waals surface area contributed by atoms with Gasteiger partial charge in [0, 0.05) is 39.5 Å². The van der Waals surface area contributed by atoms with E-state index in [1.807, 2.05) is 84.9 Å². The number of para-hydroxylation sites is 4. The Morgan fingerprint density at radius 2 is 1.00 bits per heavy atom. The van der Waals surface area contributed by atoms with E-state index in [0.717, 1.165) is 62.1 Å². The molecule has 0 spiro atoms. The van der Waals surface area contributed by atoms with E-state index in [2.05, 4.69) is 64.1 Å². The zero-order chi connectivity index (χ0) is 29.9. The lowest BCUT2D eigenvalue weighted by atomic mass is 9.92. The number of urea groups is 2. The first-order valence-electron chi connectivity index (χ1n) is 14.4. The van der Waals surface area contributed by atoms with Crippen molar-refractivity contribution in [2.45, 2.75) is 33.1 Å². The Hall–Kier alpha value is -5.50. The largest absolute Gasteiger partial charge is 0.356 e. The van der Waals surface area contributed by atoms with Gasteiger partial charge in [-0.15, -0.1) is 0 Å². The van der Waals surface area contributed by atoms with Crippen LogP contribution in [0.15, 0.2) is 97.1 Å². The number of rotatable bonds is 7. The topological polar surface area (TPSA) is 114 Å². The highest BCUT2D eigenvalue weighted by molar-refractivity contribution is 6.07. The Labute approximate surface area is 249 Å². The number of H-pyrrole nitrogens is 2. The van der Waals surface area contributed by atoms with Gasteiger partial charge in [-0.05, 0) is 67.8 Å². The predicted octanol–water partition coefficient (Wildman–Crippen LogP) is 9.10. The average molecular weight is 571 g/mol. The van der Waals surface area contributed by atoms with Gasteiger partial charge in [0.1, 0.15) is 0 Å². The van der Waals surface area contributed by atoms with Crippen molar-refractivity contribution < 1.29 is 9.59 Å². The minimum Gasteiger partial charge on any atom is -0.356 e. The Morgan fingerprint density at radius 3 is 1.40 bits per heavy atom. The Morgan fingerprint density at radius 1 is 0.581 bits per heavy atom. The van der Waals surface area contributed by atoms with E-state index in [1.165, 1.54) is 0 Å². The van der Waals surface area contributed by atoms with Gasteiger partial charge >= 0.3 is 12.1 Å². The molecule has 0 aliphatic carbocycles. The second-order valence-electron chi connectivity index (χ2n) is 10.6. The number of aromatic nitrogens is 2. The van der Waals surface area contributed by atoms with Crippen LogP contribution in [0.3, 0.4) is 0 Å². The predicted molar refractivity (Wildman–Crippen MR) is 176 cm³/mol. The monoisotopic (exact) mass is 570 g/mol. The molecule has 0 saturated heterocycles. The summed E-state index contributed by atoms with van der Waals surface area (Å²) in [5.41, 5.74) is 9.06.